The van der Waals surface area contributed by atoms with Gasteiger partial charge in [-0.05, 0) is 31.6 Å². The number of nitrogens with zero attached hydrogens (tertiary/aromatic N) is 1. The van der Waals surface area contributed by atoms with Crippen LogP contribution in [0.4, 0.5) is 18.0 Å². The van der Waals surface area contributed by atoms with Gasteiger partial charge in [0.15, 0.2) is 0 Å². The molecule has 8 heteroatoms. The average molecular weight is 336 g/mol. The number of urea groups is 1. The Hall–Kier alpha value is -1.47. The minimum Gasteiger partial charge on any atom is -0.481 e. The summed E-state index contributed by atoms with van der Waals surface area (Å²) in [5.41, 5.74) is 0. The summed E-state index contributed by atoms with van der Waals surface area (Å²) in [5.74, 6) is -2.86. The summed E-state index contributed by atoms with van der Waals surface area (Å²) in [5, 5.41) is 11.8. The van der Waals surface area contributed by atoms with E-state index in [1.54, 1.807) is 0 Å². The molecule has 0 bridgehead atoms. The first kappa shape index (κ1) is 17.9. The van der Waals surface area contributed by atoms with E-state index in [4.69, 9.17) is 5.11 Å². The third-order valence-corrected chi connectivity index (χ3v) is 4.76. The highest BCUT2D eigenvalue weighted by molar-refractivity contribution is 5.76. The molecule has 2 rings (SSSR count). The topological polar surface area (TPSA) is 69.6 Å². The molecule has 0 aromatic carbocycles. The number of carbonyl (C=O) groups is 2. The van der Waals surface area contributed by atoms with E-state index in [1.807, 2.05) is 6.92 Å². The molecular weight excluding hydrogens is 313 g/mol. The number of likely N-dealkylation sites (tertiary alicyclic amines) is 1. The first-order valence-corrected chi connectivity index (χ1v) is 8.01. The molecule has 0 spiro atoms. The van der Waals surface area contributed by atoms with Gasteiger partial charge in [0.1, 0.15) is 0 Å². The molecule has 2 amide bonds. The molecular formula is C15H23F3N2O3. The molecule has 0 radical (unpaired) electrons. The normalized spacial score (nSPS) is 32.4. The summed E-state index contributed by atoms with van der Waals surface area (Å²) >= 11 is 0. The van der Waals surface area contributed by atoms with Gasteiger partial charge in [-0.25, -0.2) is 4.79 Å². The molecule has 4 atom stereocenters. The number of amides is 2. The van der Waals surface area contributed by atoms with Gasteiger partial charge in [-0.2, -0.15) is 13.2 Å². The van der Waals surface area contributed by atoms with E-state index < -0.39 is 36.1 Å². The van der Waals surface area contributed by atoms with Crippen LogP contribution in [0, 0.1) is 17.8 Å². The lowest BCUT2D eigenvalue weighted by atomic mass is 9.85. The number of hydrogen-bond acceptors (Lipinski definition) is 2. The van der Waals surface area contributed by atoms with Gasteiger partial charge in [0.05, 0.1) is 11.8 Å². The molecule has 1 aliphatic carbocycles. The van der Waals surface area contributed by atoms with Crippen LogP contribution in [-0.2, 0) is 4.79 Å². The van der Waals surface area contributed by atoms with E-state index in [0.29, 0.717) is 25.8 Å². The Morgan fingerprint density at radius 3 is 2.48 bits per heavy atom. The first-order valence-electron chi connectivity index (χ1n) is 8.01. The number of rotatable bonds is 2. The number of carboxylic acid groups (broad SMARTS) is 1. The predicted octanol–water partition coefficient (Wildman–Crippen LogP) is 2.86. The van der Waals surface area contributed by atoms with E-state index in [2.05, 4.69) is 5.32 Å². The predicted molar refractivity (Wildman–Crippen MR) is 76.8 cm³/mol. The number of aliphatic carboxylic acids is 1. The van der Waals surface area contributed by atoms with Gasteiger partial charge in [-0.15, -0.1) is 0 Å². The maximum Gasteiger partial charge on any atom is 0.391 e. The molecule has 132 valence electrons. The summed E-state index contributed by atoms with van der Waals surface area (Å²) in [6, 6.07) is -0.945. The van der Waals surface area contributed by atoms with Crippen molar-refractivity contribution in [1.29, 1.82) is 0 Å². The van der Waals surface area contributed by atoms with Crippen molar-refractivity contribution in [2.24, 2.45) is 17.8 Å². The van der Waals surface area contributed by atoms with Crippen LogP contribution >= 0.6 is 0 Å². The van der Waals surface area contributed by atoms with Crippen LogP contribution in [0.15, 0.2) is 0 Å². The van der Waals surface area contributed by atoms with Gasteiger partial charge < -0.3 is 15.3 Å². The first-order chi connectivity index (χ1) is 10.7. The molecule has 4 unspecified atom stereocenters. The zero-order valence-electron chi connectivity index (χ0n) is 13.1. The van der Waals surface area contributed by atoms with Crippen LogP contribution in [0.2, 0.25) is 0 Å². The van der Waals surface area contributed by atoms with Crippen LogP contribution in [0.25, 0.3) is 0 Å². The number of piperidine rings is 1. The summed E-state index contributed by atoms with van der Waals surface area (Å²) < 4.78 is 38.4. The Balaban J connectivity index is 1.92. The smallest absolute Gasteiger partial charge is 0.391 e. The summed E-state index contributed by atoms with van der Waals surface area (Å²) in [6.45, 7) is 2.42. The fourth-order valence-corrected chi connectivity index (χ4v) is 3.58. The van der Waals surface area contributed by atoms with Gasteiger partial charge >= 0.3 is 18.2 Å². The Morgan fingerprint density at radius 1 is 1.17 bits per heavy atom. The fraction of sp³-hybridized carbons (Fsp3) is 0.867. The second kappa shape index (κ2) is 6.97. The van der Waals surface area contributed by atoms with E-state index in [-0.39, 0.29) is 25.3 Å². The summed E-state index contributed by atoms with van der Waals surface area (Å²) in [7, 11) is 0. The Morgan fingerprint density at radius 2 is 1.87 bits per heavy atom. The lowest BCUT2D eigenvalue weighted by Gasteiger charge is -2.37. The minimum absolute atomic E-state index is 0.0601. The Labute approximate surface area is 133 Å². The van der Waals surface area contributed by atoms with Gasteiger partial charge in [0, 0.05) is 19.1 Å². The Bertz CT molecular complexity index is 456. The number of alkyl halides is 3. The van der Waals surface area contributed by atoms with E-state index in [1.165, 1.54) is 4.90 Å². The summed E-state index contributed by atoms with van der Waals surface area (Å²) in [6.07, 6.45) is -2.73. The molecule has 0 aromatic heterocycles. The zero-order valence-corrected chi connectivity index (χ0v) is 13.1. The number of halogens is 3. The number of carboxylic acids is 1. The Kier molecular flexibility index (Phi) is 5.41. The lowest BCUT2D eigenvalue weighted by molar-refractivity contribution is -0.183. The van der Waals surface area contributed by atoms with Crippen molar-refractivity contribution in [1.82, 2.24) is 10.2 Å². The van der Waals surface area contributed by atoms with Gasteiger partial charge in [0.2, 0.25) is 0 Å². The molecule has 2 aliphatic rings. The standard InChI is InChI=1S/C15H23F3N2O3/c1-9-5-10(13(21)22)8-20(7-9)14(23)19-12-4-2-3-11(6-12)15(16,17)18/h9-12H,2-8H2,1H3,(H,19,23)(H,21,22). The maximum absolute atomic E-state index is 12.8. The third-order valence-electron chi connectivity index (χ3n) is 4.76. The molecule has 23 heavy (non-hydrogen) atoms. The summed E-state index contributed by atoms with van der Waals surface area (Å²) in [4.78, 5) is 24.8. The number of carbonyl (C=O) groups excluding carboxylic acids is 1. The highest BCUT2D eigenvalue weighted by Crippen LogP contribution is 2.37. The average Bonchev–Trinajstić information content (AvgIpc) is 2.46. The van der Waals surface area contributed by atoms with Gasteiger partial charge in [-0.3, -0.25) is 4.79 Å². The third kappa shape index (κ3) is 4.75. The van der Waals surface area contributed by atoms with Crippen molar-refractivity contribution in [3.63, 3.8) is 0 Å². The van der Waals surface area contributed by atoms with Crippen molar-refractivity contribution >= 4 is 12.0 Å². The molecule has 1 aliphatic heterocycles. The maximum atomic E-state index is 12.8. The van der Waals surface area contributed by atoms with Crippen molar-refractivity contribution in [3.8, 4) is 0 Å². The van der Waals surface area contributed by atoms with Gasteiger partial charge in [0.25, 0.3) is 0 Å². The molecule has 1 heterocycles. The van der Waals surface area contributed by atoms with Crippen LogP contribution in [0.3, 0.4) is 0 Å². The van der Waals surface area contributed by atoms with Crippen LogP contribution in [0.5, 0.6) is 0 Å². The second-order valence-corrected chi connectivity index (χ2v) is 6.83. The highest BCUT2D eigenvalue weighted by Gasteiger charge is 2.42. The molecule has 1 saturated heterocycles. The second-order valence-electron chi connectivity index (χ2n) is 6.83. The van der Waals surface area contributed by atoms with Gasteiger partial charge in [-0.1, -0.05) is 13.3 Å². The largest absolute Gasteiger partial charge is 0.481 e. The number of hydrogen-bond donors (Lipinski definition) is 2. The molecule has 5 nitrogen and oxygen atoms in total. The fourth-order valence-electron chi connectivity index (χ4n) is 3.58. The van der Waals surface area contributed by atoms with Crippen molar-refractivity contribution in [2.75, 3.05) is 13.1 Å². The van der Waals surface area contributed by atoms with Crippen LogP contribution in [-0.4, -0.2) is 47.3 Å². The van der Waals surface area contributed by atoms with E-state index in [9.17, 15) is 22.8 Å². The van der Waals surface area contributed by atoms with Crippen LogP contribution < -0.4 is 5.32 Å². The van der Waals surface area contributed by atoms with Crippen molar-refractivity contribution < 1.29 is 27.9 Å². The molecule has 1 saturated carbocycles. The number of nitrogens with one attached hydrogen (secondary N) is 1. The van der Waals surface area contributed by atoms with E-state index >= 15 is 0 Å². The molecule has 2 fully saturated rings. The lowest BCUT2D eigenvalue weighted by Crippen LogP contribution is -2.52. The minimum atomic E-state index is -4.22. The molecule has 2 N–H and O–H groups in total. The van der Waals surface area contributed by atoms with Crippen LogP contribution in [0.1, 0.15) is 39.0 Å². The van der Waals surface area contributed by atoms with Crippen molar-refractivity contribution in [3.05, 3.63) is 0 Å². The SMILES string of the molecule is CC1CC(C(=O)O)CN(C(=O)NC2CCCC(C(F)(F)F)C2)C1. The monoisotopic (exact) mass is 336 g/mol. The quantitative estimate of drug-likeness (QED) is 0.815. The van der Waals surface area contributed by atoms with Crippen molar-refractivity contribution in [2.45, 2.75) is 51.2 Å². The zero-order chi connectivity index (χ0) is 17.2. The van der Waals surface area contributed by atoms with E-state index in [0.717, 1.165) is 0 Å². The highest BCUT2D eigenvalue weighted by atomic mass is 19.4. The molecule has 0 aromatic rings.